The van der Waals surface area contributed by atoms with Gasteiger partial charge in [0.05, 0.1) is 6.10 Å². The number of hydrogen-bond donors (Lipinski definition) is 1. The maximum atomic E-state index is 5.60. The molecule has 0 spiro atoms. The first kappa shape index (κ1) is 12.9. The van der Waals surface area contributed by atoms with Gasteiger partial charge in [-0.05, 0) is 45.8 Å². The van der Waals surface area contributed by atoms with Crippen LogP contribution < -0.4 is 5.32 Å². The van der Waals surface area contributed by atoms with Crippen molar-refractivity contribution < 1.29 is 4.74 Å². The van der Waals surface area contributed by atoms with Gasteiger partial charge in [-0.2, -0.15) is 0 Å². The Hall–Kier alpha value is -0.120. The minimum absolute atomic E-state index is 0.562. The predicted molar refractivity (Wildman–Crippen MR) is 64.2 cm³/mol. The first-order chi connectivity index (χ1) is 7.33. The molecule has 0 aromatic heterocycles. The first-order valence-electron chi connectivity index (χ1n) is 6.33. The van der Waals surface area contributed by atoms with E-state index in [1.165, 1.54) is 32.2 Å². The molecule has 1 unspecified atom stereocenters. The number of ether oxygens (including phenoxy) is 1. The average molecular weight is 214 g/mol. The highest BCUT2D eigenvalue weighted by molar-refractivity contribution is 4.65. The highest BCUT2D eigenvalue weighted by Gasteiger charge is 2.14. The summed E-state index contributed by atoms with van der Waals surface area (Å²) < 4.78 is 5.60. The summed E-state index contributed by atoms with van der Waals surface area (Å²) in [5.41, 5.74) is 0. The van der Waals surface area contributed by atoms with Gasteiger partial charge in [0.15, 0.2) is 0 Å². The lowest BCUT2D eigenvalue weighted by molar-refractivity contribution is 0.0997. The molecule has 0 saturated carbocycles. The van der Waals surface area contributed by atoms with E-state index in [1.54, 1.807) is 0 Å². The van der Waals surface area contributed by atoms with E-state index in [-0.39, 0.29) is 0 Å². The molecule has 1 saturated heterocycles. The number of hydrogen-bond acceptors (Lipinski definition) is 3. The van der Waals surface area contributed by atoms with Crippen molar-refractivity contribution in [3.63, 3.8) is 0 Å². The Labute approximate surface area is 94.2 Å². The zero-order chi connectivity index (χ0) is 10.9. The Morgan fingerprint density at radius 1 is 1.40 bits per heavy atom. The van der Waals surface area contributed by atoms with Crippen LogP contribution in [0.2, 0.25) is 0 Å². The van der Waals surface area contributed by atoms with Crippen LogP contribution in [0.1, 0.15) is 32.6 Å². The largest absolute Gasteiger partial charge is 0.378 e. The van der Waals surface area contributed by atoms with Gasteiger partial charge in [0.1, 0.15) is 0 Å². The van der Waals surface area contributed by atoms with Gasteiger partial charge in [-0.25, -0.2) is 0 Å². The van der Waals surface area contributed by atoms with Gasteiger partial charge < -0.3 is 15.0 Å². The lowest BCUT2D eigenvalue weighted by atomic mass is 10.1. The molecule has 0 aromatic carbocycles. The zero-order valence-corrected chi connectivity index (χ0v) is 10.3. The van der Waals surface area contributed by atoms with Gasteiger partial charge >= 0.3 is 0 Å². The van der Waals surface area contributed by atoms with Crippen molar-refractivity contribution >= 4 is 0 Å². The molecule has 3 heteroatoms. The molecule has 90 valence electrons. The van der Waals surface area contributed by atoms with Crippen LogP contribution in [0, 0.1) is 0 Å². The normalized spacial score (nSPS) is 21.4. The van der Waals surface area contributed by atoms with Crippen LogP contribution in [-0.4, -0.2) is 50.8 Å². The van der Waals surface area contributed by atoms with Crippen molar-refractivity contribution in [2.24, 2.45) is 0 Å². The smallest absolute Gasteiger partial charge is 0.0576 e. The van der Waals surface area contributed by atoms with E-state index in [0.29, 0.717) is 6.10 Å². The summed E-state index contributed by atoms with van der Waals surface area (Å²) >= 11 is 0. The molecule has 0 amide bonds. The van der Waals surface area contributed by atoms with Crippen molar-refractivity contribution in [3.8, 4) is 0 Å². The quantitative estimate of drug-likeness (QED) is 0.620. The van der Waals surface area contributed by atoms with E-state index in [1.807, 2.05) is 0 Å². The third kappa shape index (κ3) is 6.13. The second kappa shape index (κ2) is 8.08. The van der Waals surface area contributed by atoms with Crippen LogP contribution >= 0.6 is 0 Å². The molecule has 1 aliphatic heterocycles. The first-order valence-corrected chi connectivity index (χ1v) is 6.33. The zero-order valence-electron chi connectivity index (χ0n) is 10.3. The fourth-order valence-electron chi connectivity index (χ4n) is 2.02. The fraction of sp³-hybridized carbons (Fsp3) is 1.00. The monoisotopic (exact) mass is 214 g/mol. The summed E-state index contributed by atoms with van der Waals surface area (Å²) in [4.78, 5) is 2.40. The van der Waals surface area contributed by atoms with Crippen molar-refractivity contribution in [1.82, 2.24) is 10.2 Å². The lowest BCUT2D eigenvalue weighted by Crippen LogP contribution is -2.30. The molecule has 1 atom stereocenters. The molecule has 0 aliphatic carbocycles. The summed E-state index contributed by atoms with van der Waals surface area (Å²) in [5.74, 6) is 0. The topological polar surface area (TPSA) is 24.5 Å². The number of rotatable bonds is 8. The Morgan fingerprint density at radius 3 is 2.93 bits per heavy atom. The third-order valence-corrected chi connectivity index (χ3v) is 3.01. The predicted octanol–water partition coefficient (Wildman–Crippen LogP) is 1.49. The second-order valence-corrected chi connectivity index (χ2v) is 4.43. The van der Waals surface area contributed by atoms with E-state index in [4.69, 9.17) is 4.74 Å². The summed E-state index contributed by atoms with van der Waals surface area (Å²) in [5, 5.41) is 3.34. The standard InChI is InChI=1S/C12H26N2O/c1-3-13-8-10-14(2)9-4-6-12-7-5-11-15-12/h12-13H,3-11H2,1-2H3. The summed E-state index contributed by atoms with van der Waals surface area (Å²) in [6.07, 6.45) is 5.62. The Bertz CT molecular complexity index is 147. The van der Waals surface area contributed by atoms with E-state index < -0.39 is 0 Å². The average Bonchev–Trinajstić information content (AvgIpc) is 2.71. The molecule has 0 aromatic rings. The molecule has 1 N–H and O–H groups in total. The molecule has 0 bridgehead atoms. The molecule has 1 aliphatic rings. The van der Waals surface area contributed by atoms with Crippen LogP contribution in [0.4, 0.5) is 0 Å². The maximum absolute atomic E-state index is 5.60. The van der Waals surface area contributed by atoms with Crippen molar-refractivity contribution in [2.45, 2.75) is 38.7 Å². The molecule has 0 radical (unpaired) electrons. The van der Waals surface area contributed by atoms with Gasteiger partial charge in [-0.3, -0.25) is 0 Å². The summed E-state index contributed by atoms with van der Waals surface area (Å²) in [7, 11) is 2.20. The van der Waals surface area contributed by atoms with Crippen LogP contribution in [-0.2, 0) is 4.74 Å². The SMILES string of the molecule is CCNCCN(C)CCCC1CCCO1. The van der Waals surface area contributed by atoms with E-state index in [9.17, 15) is 0 Å². The van der Waals surface area contributed by atoms with Crippen molar-refractivity contribution in [1.29, 1.82) is 0 Å². The molecule has 1 rings (SSSR count). The minimum Gasteiger partial charge on any atom is -0.378 e. The summed E-state index contributed by atoms with van der Waals surface area (Å²) in [6.45, 7) is 7.67. The van der Waals surface area contributed by atoms with Crippen LogP contribution in [0.25, 0.3) is 0 Å². The number of nitrogens with zero attached hydrogens (tertiary/aromatic N) is 1. The molecular formula is C12H26N2O. The number of likely N-dealkylation sites (N-methyl/N-ethyl adjacent to an activating group) is 2. The highest BCUT2D eigenvalue weighted by Crippen LogP contribution is 2.16. The van der Waals surface area contributed by atoms with Gasteiger partial charge in [0.25, 0.3) is 0 Å². The van der Waals surface area contributed by atoms with E-state index in [0.717, 1.165) is 26.2 Å². The molecule has 3 nitrogen and oxygen atoms in total. The van der Waals surface area contributed by atoms with Gasteiger partial charge in [-0.1, -0.05) is 6.92 Å². The highest BCUT2D eigenvalue weighted by atomic mass is 16.5. The van der Waals surface area contributed by atoms with Gasteiger partial charge in [-0.15, -0.1) is 0 Å². The van der Waals surface area contributed by atoms with Crippen molar-refractivity contribution in [3.05, 3.63) is 0 Å². The van der Waals surface area contributed by atoms with Gasteiger partial charge in [0.2, 0.25) is 0 Å². The second-order valence-electron chi connectivity index (χ2n) is 4.43. The molecule has 15 heavy (non-hydrogen) atoms. The summed E-state index contributed by atoms with van der Waals surface area (Å²) in [6, 6.07) is 0. The Morgan fingerprint density at radius 2 is 2.27 bits per heavy atom. The lowest BCUT2D eigenvalue weighted by Gasteiger charge is -2.17. The van der Waals surface area contributed by atoms with E-state index >= 15 is 0 Å². The molecule has 1 heterocycles. The number of nitrogens with one attached hydrogen (secondary N) is 1. The third-order valence-electron chi connectivity index (χ3n) is 3.01. The fourth-order valence-corrected chi connectivity index (χ4v) is 2.02. The minimum atomic E-state index is 0.562. The van der Waals surface area contributed by atoms with Gasteiger partial charge in [0, 0.05) is 19.7 Å². The maximum Gasteiger partial charge on any atom is 0.0576 e. The van der Waals surface area contributed by atoms with Crippen molar-refractivity contribution in [2.75, 3.05) is 39.8 Å². The molecule has 1 fully saturated rings. The van der Waals surface area contributed by atoms with Crippen LogP contribution in [0.5, 0.6) is 0 Å². The molecular weight excluding hydrogens is 188 g/mol. The Balaban J connectivity index is 1.89. The Kier molecular flexibility index (Phi) is 6.98. The van der Waals surface area contributed by atoms with Crippen LogP contribution in [0.15, 0.2) is 0 Å². The van der Waals surface area contributed by atoms with Crippen LogP contribution in [0.3, 0.4) is 0 Å². The van der Waals surface area contributed by atoms with E-state index in [2.05, 4.69) is 24.2 Å².